The fourth-order valence-electron chi connectivity index (χ4n) is 1.43. The van der Waals surface area contributed by atoms with E-state index in [4.69, 9.17) is 0 Å². The largest absolute Gasteiger partial charge is 0.336 e. The highest BCUT2D eigenvalue weighted by atomic mass is 79.9. The Morgan fingerprint density at radius 3 is 2.36 bits per heavy atom. The molecule has 1 aliphatic heterocycles. The van der Waals surface area contributed by atoms with Gasteiger partial charge in [-0.2, -0.15) is 0 Å². The maximum atomic E-state index is 11.0. The molecule has 0 spiro atoms. The molecule has 1 unspecified atom stereocenters. The molecule has 0 bridgehead atoms. The van der Waals surface area contributed by atoms with Crippen LogP contribution in [0.4, 0.5) is 4.79 Å². The lowest BCUT2D eigenvalue weighted by molar-refractivity contribution is 0.247. The molecule has 5 heteroatoms. The van der Waals surface area contributed by atoms with Crippen LogP contribution in [0.1, 0.15) is 11.6 Å². The predicted octanol–water partition coefficient (Wildman–Crippen LogP) is 2.57. The van der Waals surface area contributed by atoms with Crippen LogP contribution in [0.15, 0.2) is 27.1 Å². The number of hydrogen-bond acceptors (Lipinski definition) is 1. The van der Waals surface area contributed by atoms with E-state index in [1.54, 1.807) is 0 Å². The number of carbonyl (C=O) groups is 1. The van der Waals surface area contributed by atoms with E-state index in [1.807, 2.05) is 18.2 Å². The summed E-state index contributed by atoms with van der Waals surface area (Å²) < 4.78 is 2.01. The van der Waals surface area contributed by atoms with Gasteiger partial charge in [0, 0.05) is 15.5 Å². The van der Waals surface area contributed by atoms with Crippen LogP contribution in [-0.4, -0.2) is 12.6 Å². The van der Waals surface area contributed by atoms with Crippen molar-refractivity contribution in [2.75, 3.05) is 6.54 Å². The van der Waals surface area contributed by atoms with Crippen molar-refractivity contribution in [1.82, 2.24) is 10.6 Å². The molecular formula is C9H8Br2N2O. The monoisotopic (exact) mass is 318 g/mol. The second-order valence-corrected chi connectivity index (χ2v) is 4.94. The molecular weight excluding hydrogens is 312 g/mol. The van der Waals surface area contributed by atoms with Crippen LogP contribution >= 0.6 is 31.9 Å². The van der Waals surface area contributed by atoms with E-state index in [0.29, 0.717) is 6.54 Å². The smallest absolute Gasteiger partial charge is 0.315 e. The van der Waals surface area contributed by atoms with Crippen LogP contribution < -0.4 is 10.6 Å². The molecule has 2 rings (SSSR count). The Kier molecular flexibility index (Phi) is 2.78. The lowest BCUT2D eigenvalue weighted by atomic mass is 10.1. The quantitative estimate of drug-likeness (QED) is 0.820. The van der Waals surface area contributed by atoms with Gasteiger partial charge in [0.15, 0.2) is 0 Å². The summed E-state index contributed by atoms with van der Waals surface area (Å²) in [6.07, 6.45) is 0. The number of amides is 2. The molecule has 0 radical (unpaired) electrons. The Morgan fingerprint density at radius 1 is 1.21 bits per heavy atom. The zero-order valence-electron chi connectivity index (χ0n) is 7.18. The standard InChI is InChI=1S/C9H8Br2N2O/c10-6-1-5(2-7(11)3-6)8-4-12-9(14)13-8/h1-3,8H,4H2,(H2,12,13,14). The Bertz CT molecular complexity index is 361. The summed E-state index contributed by atoms with van der Waals surface area (Å²) in [7, 11) is 0. The highest BCUT2D eigenvalue weighted by molar-refractivity contribution is 9.11. The van der Waals surface area contributed by atoms with E-state index >= 15 is 0 Å². The summed E-state index contributed by atoms with van der Waals surface area (Å²) in [6.45, 7) is 0.641. The van der Waals surface area contributed by atoms with E-state index in [1.165, 1.54) is 0 Å². The van der Waals surface area contributed by atoms with Gasteiger partial charge in [0.2, 0.25) is 0 Å². The highest BCUT2D eigenvalue weighted by Gasteiger charge is 2.21. The molecule has 0 aliphatic carbocycles. The molecule has 74 valence electrons. The first-order valence-corrected chi connectivity index (χ1v) is 5.74. The van der Waals surface area contributed by atoms with E-state index in [9.17, 15) is 4.79 Å². The van der Waals surface area contributed by atoms with Crippen molar-refractivity contribution in [3.63, 3.8) is 0 Å². The lowest BCUT2D eigenvalue weighted by Gasteiger charge is -2.09. The van der Waals surface area contributed by atoms with Crippen LogP contribution in [0.3, 0.4) is 0 Å². The average Bonchev–Trinajstić information content (AvgIpc) is 2.50. The minimum absolute atomic E-state index is 0.0660. The van der Waals surface area contributed by atoms with E-state index in [0.717, 1.165) is 14.5 Å². The number of rotatable bonds is 1. The van der Waals surface area contributed by atoms with Gasteiger partial charge < -0.3 is 10.6 Å². The maximum Gasteiger partial charge on any atom is 0.315 e. The van der Waals surface area contributed by atoms with Crippen molar-refractivity contribution in [2.24, 2.45) is 0 Å². The number of carbonyl (C=O) groups excluding carboxylic acids is 1. The second-order valence-electron chi connectivity index (χ2n) is 3.11. The lowest BCUT2D eigenvalue weighted by Crippen LogP contribution is -2.21. The molecule has 1 aromatic rings. The van der Waals surface area contributed by atoms with Crippen molar-refractivity contribution in [2.45, 2.75) is 6.04 Å². The van der Waals surface area contributed by atoms with E-state index in [-0.39, 0.29) is 12.1 Å². The molecule has 2 amide bonds. The molecule has 1 aromatic carbocycles. The molecule has 3 nitrogen and oxygen atoms in total. The summed E-state index contributed by atoms with van der Waals surface area (Å²) in [5, 5.41) is 5.56. The molecule has 0 aromatic heterocycles. The van der Waals surface area contributed by atoms with Crippen molar-refractivity contribution in [3.05, 3.63) is 32.7 Å². The van der Waals surface area contributed by atoms with E-state index in [2.05, 4.69) is 42.5 Å². The molecule has 1 aliphatic rings. The predicted molar refractivity (Wildman–Crippen MR) is 61.1 cm³/mol. The number of urea groups is 1. The fourth-order valence-corrected chi connectivity index (χ4v) is 2.76. The third-order valence-corrected chi connectivity index (χ3v) is 2.97. The normalized spacial score (nSPS) is 20.4. The fraction of sp³-hybridized carbons (Fsp3) is 0.222. The Labute approximate surface area is 98.5 Å². The van der Waals surface area contributed by atoms with Crippen LogP contribution in [-0.2, 0) is 0 Å². The molecule has 1 saturated heterocycles. The number of halogens is 2. The van der Waals surface area contributed by atoms with Gasteiger partial charge in [-0.1, -0.05) is 31.9 Å². The molecule has 1 heterocycles. The summed E-state index contributed by atoms with van der Waals surface area (Å²) in [5.41, 5.74) is 1.09. The van der Waals surface area contributed by atoms with Gasteiger partial charge in [-0.15, -0.1) is 0 Å². The maximum absolute atomic E-state index is 11.0. The third kappa shape index (κ3) is 2.09. The van der Waals surface area contributed by atoms with Crippen molar-refractivity contribution in [1.29, 1.82) is 0 Å². The summed E-state index contributed by atoms with van der Waals surface area (Å²) in [4.78, 5) is 11.0. The number of nitrogens with one attached hydrogen (secondary N) is 2. The van der Waals surface area contributed by atoms with Gasteiger partial charge in [0.05, 0.1) is 6.04 Å². The van der Waals surface area contributed by atoms with E-state index < -0.39 is 0 Å². The molecule has 1 atom stereocenters. The zero-order valence-corrected chi connectivity index (χ0v) is 10.4. The summed E-state index contributed by atoms with van der Waals surface area (Å²) in [5.74, 6) is 0. The van der Waals surface area contributed by atoms with Gasteiger partial charge in [-0.3, -0.25) is 0 Å². The van der Waals surface area contributed by atoms with Gasteiger partial charge in [0.25, 0.3) is 0 Å². The highest BCUT2D eigenvalue weighted by Crippen LogP contribution is 2.24. The first-order chi connectivity index (χ1) is 6.65. The number of hydrogen-bond donors (Lipinski definition) is 2. The first kappa shape index (κ1) is 9.98. The van der Waals surface area contributed by atoms with Gasteiger partial charge in [-0.05, 0) is 23.8 Å². The van der Waals surface area contributed by atoms with Crippen LogP contribution in [0.25, 0.3) is 0 Å². The topological polar surface area (TPSA) is 41.1 Å². The molecule has 2 N–H and O–H groups in total. The first-order valence-electron chi connectivity index (χ1n) is 4.15. The Balaban J connectivity index is 2.27. The second kappa shape index (κ2) is 3.90. The van der Waals surface area contributed by atoms with Gasteiger partial charge in [-0.25, -0.2) is 4.79 Å². The molecule has 0 saturated carbocycles. The Hall–Kier alpha value is -0.550. The van der Waals surface area contributed by atoms with Crippen molar-refractivity contribution < 1.29 is 4.79 Å². The van der Waals surface area contributed by atoms with Gasteiger partial charge in [0.1, 0.15) is 0 Å². The van der Waals surface area contributed by atoms with Crippen LogP contribution in [0.5, 0.6) is 0 Å². The summed E-state index contributed by atoms with van der Waals surface area (Å²) in [6, 6.07) is 5.93. The molecule has 14 heavy (non-hydrogen) atoms. The SMILES string of the molecule is O=C1NCC(c2cc(Br)cc(Br)c2)N1. The summed E-state index contributed by atoms with van der Waals surface area (Å²) >= 11 is 6.82. The zero-order chi connectivity index (χ0) is 10.1. The minimum Gasteiger partial charge on any atom is -0.336 e. The van der Waals surface area contributed by atoms with Crippen molar-refractivity contribution >= 4 is 37.9 Å². The van der Waals surface area contributed by atoms with Crippen LogP contribution in [0, 0.1) is 0 Å². The van der Waals surface area contributed by atoms with Crippen LogP contribution in [0.2, 0.25) is 0 Å². The molecule has 1 fully saturated rings. The van der Waals surface area contributed by atoms with Crippen molar-refractivity contribution in [3.8, 4) is 0 Å². The third-order valence-electron chi connectivity index (χ3n) is 2.06. The Morgan fingerprint density at radius 2 is 1.86 bits per heavy atom. The van der Waals surface area contributed by atoms with Gasteiger partial charge >= 0.3 is 6.03 Å². The minimum atomic E-state index is -0.105. The average molecular weight is 320 g/mol. The number of benzene rings is 1.